The molecule has 0 unspecified atom stereocenters. The van der Waals surface area contributed by atoms with Crippen molar-refractivity contribution in [3.63, 3.8) is 0 Å². The molecule has 0 spiro atoms. The van der Waals surface area contributed by atoms with Crippen LogP contribution in [0.4, 0.5) is 10.5 Å². The highest BCUT2D eigenvalue weighted by atomic mass is 16.7. The summed E-state index contributed by atoms with van der Waals surface area (Å²) in [6.07, 6.45) is 0. The first-order valence-corrected chi connectivity index (χ1v) is 8.10. The second kappa shape index (κ2) is 6.75. The van der Waals surface area contributed by atoms with Crippen molar-refractivity contribution in [3.8, 4) is 22.9 Å². The van der Waals surface area contributed by atoms with Gasteiger partial charge in [-0.2, -0.15) is 5.10 Å². The lowest BCUT2D eigenvalue weighted by atomic mass is 10.2. The van der Waals surface area contributed by atoms with E-state index in [0.717, 1.165) is 22.7 Å². The maximum absolute atomic E-state index is 12.2. The van der Waals surface area contributed by atoms with E-state index in [1.54, 1.807) is 0 Å². The fourth-order valence-corrected chi connectivity index (χ4v) is 2.62. The molecular formula is C18H17N5O3. The molecule has 0 saturated carbocycles. The number of nitrogens with one attached hydrogen (secondary N) is 3. The predicted molar refractivity (Wildman–Crippen MR) is 95.0 cm³/mol. The number of carbonyl (C=O) groups is 1. The van der Waals surface area contributed by atoms with Gasteiger partial charge in [-0.05, 0) is 36.8 Å². The molecule has 0 atom stereocenters. The number of aryl methyl sites for hydroxylation is 1. The minimum atomic E-state index is -0.300. The van der Waals surface area contributed by atoms with E-state index in [4.69, 9.17) is 9.47 Å². The van der Waals surface area contributed by atoms with Crippen LogP contribution in [0.5, 0.6) is 11.5 Å². The van der Waals surface area contributed by atoms with Crippen LogP contribution in [-0.4, -0.2) is 28.0 Å². The van der Waals surface area contributed by atoms with E-state index in [1.165, 1.54) is 0 Å². The molecule has 2 amide bonds. The standard InChI is InChI=1S/C18H17N5O3/c1-11-20-17(23-22-11)13-3-2-4-14(8-13)21-18(24)19-9-12-5-6-15-16(7-12)26-10-25-15/h2-8H,9-10H2,1H3,(H2,19,21,24)(H,20,22,23). The zero-order valence-electron chi connectivity index (χ0n) is 14.1. The molecule has 3 aromatic rings. The molecule has 26 heavy (non-hydrogen) atoms. The lowest BCUT2D eigenvalue weighted by Crippen LogP contribution is -2.28. The van der Waals surface area contributed by atoms with Crippen molar-refractivity contribution in [2.24, 2.45) is 0 Å². The fourth-order valence-electron chi connectivity index (χ4n) is 2.62. The van der Waals surface area contributed by atoms with Gasteiger partial charge in [0.2, 0.25) is 6.79 Å². The van der Waals surface area contributed by atoms with Gasteiger partial charge in [-0.25, -0.2) is 9.78 Å². The Morgan fingerprint density at radius 1 is 1.19 bits per heavy atom. The number of H-pyrrole nitrogens is 1. The third-order valence-electron chi connectivity index (χ3n) is 3.87. The van der Waals surface area contributed by atoms with Crippen molar-refractivity contribution in [2.45, 2.75) is 13.5 Å². The van der Waals surface area contributed by atoms with Gasteiger partial charge in [0.15, 0.2) is 17.3 Å². The molecule has 1 aromatic heterocycles. The Bertz CT molecular complexity index is 954. The number of anilines is 1. The van der Waals surface area contributed by atoms with Crippen LogP contribution in [0.2, 0.25) is 0 Å². The summed E-state index contributed by atoms with van der Waals surface area (Å²) in [7, 11) is 0. The summed E-state index contributed by atoms with van der Waals surface area (Å²) in [6, 6.07) is 12.6. The number of benzene rings is 2. The molecule has 0 aliphatic carbocycles. The molecular weight excluding hydrogens is 334 g/mol. The van der Waals surface area contributed by atoms with E-state index in [2.05, 4.69) is 25.8 Å². The number of hydrogen-bond acceptors (Lipinski definition) is 5. The fraction of sp³-hybridized carbons (Fsp3) is 0.167. The number of hydrogen-bond donors (Lipinski definition) is 3. The van der Waals surface area contributed by atoms with Gasteiger partial charge >= 0.3 is 6.03 Å². The van der Waals surface area contributed by atoms with Crippen molar-refractivity contribution >= 4 is 11.7 Å². The Kier molecular flexibility index (Phi) is 4.14. The first-order chi connectivity index (χ1) is 12.7. The molecule has 1 aliphatic heterocycles. The van der Waals surface area contributed by atoms with Crippen LogP contribution in [0.15, 0.2) is 42.5 Å². The number of carbonyl (C=O) groups excluding carboxylic acids is 1. The van der Waals surface area contributed by atoms with Crippen LogP contribution in [0.3, 0.4) is 0 Å². The molecule has 0 saturated heterocycles. The number of aromatic nitrogens is 3. The van der Waals surface area contributed by atoms with Crippen molar-refractivity contribution in [1.29, 1.82) is 0 Å². The number of aromatic amines is 1. The smallest absolute Gasteiger partial charge is 0.319 e. The Labute approximate surface area is 149 Å². The monoisotopic (exact) mass is 351 g/mol. The minimum absolute atomic E-state index is 0.230. The zero-order valence-corrected chi connectivity index (χ0v) is 14.1. The summed E-state index contributed by atoms with van der Waals surface area (Å²) in [5.41, 5.74) is 2.41. The summed E-state index contributed by atoms with van der Waals surface area (Å²) in [5.74, 6) is 2.74. The van der Waals surface area contributed by atoms with Crippen LogP contribution in [0.25, 0.3) is 11.4 Å². The van der Waals surface area contributed by atoms with Crippen LogP contribution in [0, 0.1) is 6.92 Å². The SMILES string of the molecule is Cc1nc(-c2cccc(NC(=O)NCc3ccc4c(c3)OCO4)c2)n[nH]1. The number of ether oxygens (including phenoxy) is 2. The maximum Gasteiger partial charge on any atom is 0.319 e. The molecule has 1 aliphatic rings. The van der Waals surface area contributed by atoms with E-state index >= 15 is 0 Å². The molecule has 4 rings (SSSR count). The first kappa shape index (κ1) is 15.9. The normalized spacial score (nSPS) is 12.0. The lowest BCUT2D eigenvalue weighted by Gasteiger charge is -2.09. The Morgan fingerprint density at radius 3 is 2.92 bits per heavy atom. The van der Waals surface area contributed by atoms with E-state index in [0.29, 0.717) is 23.8 Å². The van der Waals surface area contributed by atoms with E-state index in [-0.39, 0.29) is 12.8 Å². The first-order valence-electron chi connectivity index (χ1n) is 8.10. The van der Waals surface area contributed by atoms with Crippen LogP contribution in [-0.2, 0) is 6.54 Å². The predicted octanol–water partition coefficient (Wildman–Crippen LogP) is 2.83. The molecule has 132 valence electrons. The zero-order chi connectivity index (χ0) is 17.9. The third kappa shape index (κ3) is 3.44. The topological polar surface area (TPSA) is 101 Å². The summed E-state index contributed by atoms with van der Waals surface area (Å²) in [4.78, 5) is 16.4. The van der Waals surface area contributed by atoms with Gasteiger partial charge in [-0.15, -0.1) is 0 Å². The molecule has 8 nitrogen and oxygen atoms in total. The number of urea groups is 1. The van der Waals surface area contributed by atoms with Crippen LogP contribution < -0.4 is 20.1 Å². The van der Waals surface area contributed by atoms with Gasteiger partial charge in [0.25, 0.3) is 0 Å². The Hall–Kier alpha value is -3.55. The molecule has 8 heteroatoms. The number of nitrogens with zero attached hydrogens (tertiary/aromatic N) is 2. The third-order valence-corrected chi connectivity index (χ3v) is 3.87. The van der Waals surface area contributed by atoms with Crippen LogP contribution >= 0.6 is 0 Å². The molecule has 0 bridgehead atoms. The van der Waals surface area contributed by atoms with Crippen LogP contribution in [0.1, 0.15) is 11.4 Å². The van der Waals surface area contributed by atoms with E-state index in [1.807, 2.05) is 49.4 Å². The van der Waals surface area contributed by atoms with Gasteiger partial charge < -0.3 is 20.1 Å². The highest BCUT2D eigenvalue weighted by molar-refractivity contribution is 5.89. The number of fused-ring (bicyclic) bond motifs is 1. The van der Waals surface area contributed by atoms with Gasteiger partial charge in [-0.3, -0.25) is 5.10 Å². The summed E-state index contributed by atoms with van der Waals surface area (Å²) < 4.78 is 10.6. The lowest BCUT2D eigenvalue weighted by molar-refractivity contribution is 0.174. The number of amides is 2. The quantitative estimate of drug-likeness (QED) is 0.671. The van der Waals surface area contributed by atoms with Gasteiger partial charge in [0, 0.05) is 17.8 Å². The summed E-state index contributed by atoms with van der Waals surface area (Å²) in [6.45, 7) is 2.44. The maximum atomic E-state index is 12.2. The molecule has 2 aromatic carbocycles. The average Bonchev–Trinajstić information content (AvgIpc) is 3.28. The largest absolute Gasteiger partial charge is 0.454 e. The van der Waals surface area contributed by atoms with Crippen molar-refractivity contribution in [2.75, 3.05) is 12.1 Å². The Balaban J connectivity index is 1.37. The second-order valence-electron chi connectivity index (χ2n) is 5.82. The molecule has 0 fully saturated rings. The Morgan fingerprint density at radius 2 is 2.08 bits per heavy atom. The molecule has 3 N–H and O–H groups in total. The highest BCUT2D eigenvalue weighted by Gasteiger charge is 2.13. The minimum Gasteiger partial charge on any atom is -0.454 e. The molecule has 0 radical (unpaired) electrons. The van der Waals surface area contributed by atoms with Crippen molar-refractivity contribution in [3.05, 3.63) is 53.9 Å². The van der Waals surface area contributed by atoms with Crippen molar-refractivity contribution in [1.82, 2.24) is 20.5 Å². The average molecular weight is 351 g/mol. The summed E-state index contributed by atoms with van der Waals surface area (Å²) >= 11 is 0. The highest BCUT2D eigenvalue weighted by Crippen LogP contribution is 2.32. The number of rotatable bonds is 4. The molecule has 2 heterocycles. The van der Waals surface area contributed by atoms with Gasteiger partial charge in [0.05, 0.1) is 0 Å². The van der Waals surface area contributed by atoms with E-state index in [9.17, 15) is 4.79 Å². The van der Waals surface area contributed by atoms with E-state index < -0.39 is 0 Å². The van der Waals surface area contributed by atoms with Gasteiger partial charge in [0.1, 0.15) is 5.82 Å². The second-order valence-corrected chi connectivity index (χ2v) is 5.82. The van der Waals surface area contributed by atoms with Gasteiger partial charge in [-0.1, -0.05) is 18.2 Å². The van der Waals surface area contributed by atoms with Crippen molar-refractivity contribution < 1.29 is 14.3 Å². The summed E-state index contributed by atoms with van der Waals surface area (Å²) in [5, 5.41) is 12.6.